The van der Waals surface area contributed by atoms with Gasteiger partial charge in [-0.2, -0.15) is 13.2 Å². The molecule has 1 aliphatic carbocycles. The molecule has 132 valence electrons. The van der Waals surface area contributed by atoms with Gasteiger partial charge in [0.15, 0.2) is 12.1 Å². The summed E-state index contributed by atoms with van der Waals surface area (Å²) in [5.74, 6) is -1.70. The molecule has 0 aromatic carbocycles. The SMILES string of the molecule is O=C(NCC1CC1)C1CCCN(C(=O)c2ocnc2C(F)(F)F)C1. The fourth-order valence-electron chi connectivity index (χ4n) is 2.83. The van der Waals surface area contributed by atoms with Crippen LogP contribution in [0.1, 0.15) is 41.9 Å². The van der Waals surface area contributed by atoms with Gasteiger partial charge in [-0.15, -0.1) is 0 Å². The highest BCUT2D eigenvalue weighted by atomic mass is 19.4. The Morgan fingerprint density at radius 1 is 1.33 bits per heavy atom. The van der Waals surface area contributed by atoms with Crippen LogP contribution in [0.3, 0.4) is 0 Å². The molecular weight excluding hydrogens is 327 g/mol. The molecule has 3 rings (SSSR count). The molecular formula is C15H18F3N3O3. The van der Waals surface area contributed by atoms with E-state index in [2.05, 4.69) is 14.7 Å². The lowest BCUT2D eigenvalue weighted by Gasteiger charge is -2.31. The van der Waals surface area contributed by atoms with Gasteiger partial charge in [0.05, 0.1) is 5.92 Å². The Bertz CT molecular complexity index is 625. The van der Waals surface area contributed by atoms with Crippen LogP contribution in [-0.2, 0) is 11.0 Å². The first-order chi connectivity index (χ1) is 11.4. The Labute approximate surface area is 136 Å². The van der Waals surface area contributed by atoms with E-state index in [0.29, 0.717) is 38.2 Å². The predicted molar refractivity (Wildman–Crippen MR) is 75.9 cm³/mol. The van der Waals surface area contributed by atoms with Crippen molar-refractivity contribution in [2.75, 3.05) is 19.6 Å². The third kappa shape index (κ3) is 3.70. The van der Waals surface area contributed by atoms with E-state index >= 15 is 0 Å². The molecule has 1 aromatic rings. The van der Waals surface area contributed by atoms with E-state index in [4.69, 9.17) is 0 Å². The normalized spacial score (nSPS) is 21.6. The number of hydrogen-bond acceptors (Lipinski definition) is 4. The number of rotatable bonds is 4. The van der Waals surface area contributed by atoms with Gasteiger partial charge in [0, 0.05) is 19.6 Å². The fraction of sp³-hybridized carbons (Fsp3) is 0.667. The summed E-state index contributed by atoms with van der Waals surface area (Å²) in [5.41, 5.74) is -1.33. The van der Waals surface area contributed by atoms with Crippen molar-refractivity contribution in [1.29, 1.82) is 0 Å². The van der Waals surface area contributed by atoms with Gasteiger partial charge >= 0.3 is 6.18 Å². The summed E-state index contributed by atoms with van der Waals surface area (Å²) in [4.78, 5) is 28.8. The molecule has 2 amide bonds. The molecule has 1 N–H and O–H groups in total. The number of piperidine rings is 1. The summed E-state index contributed by atoms with van der Waals surface area (Å²) in [7, 11) is 0. The Balaban J connectivity index is 1.64. The highest BCUT2D eigenvalue weighted by molar-refractivity contribution is 5.93. The van der Waals surface area contributed by atoms with Crippen LogP contribution in [0.5, 0.6) is 0 Å². The molecule has 1 saturated heterocycles. The number of carbonyl (C=O) groups is 2. The minimum atomic E-state index is -4.76. The van der Waals surface area contributed by atoms with E-state index in [1.807, 2.05) is 0 Å². The summed E-state index contributed by atoms with van der Waals surface area (Å²) < 4.78 is 43.2. The minimum Gasteiger partial charge on any atom is -0.438 e. The van der Waals surface area contributed by atoms with Gasteiger partial charge in [0.25, 0.3) is 5.91 Å². The fourth-order valence-corrected chi connectivity index (χ4v) is 2.83. The lowest BCUT2D eigenvalue weighted by Crippen LogP contribution is -2.46. The number of nitrogens with zero attached hydrogens (tertiary/aromatic N) is 2. The van der Waals surface area contributed by atoms with Gasteiger partial charge in [-0.1, -0.05) is 0 Å². The summed E-state index contributed by atoms with van der Waals surface area (Å²) >= 11 is 0. The maximum absolute atomic E-state index is 12.8. The predicted octanol–water partition coefficient (Wildman–Crippen LogP) is 2.07. The van der Waals surface area contributed by atoms with Crippen molar-refractivity contribution in [3.05, 3.63) is 17.8 Å². The third-order valence-electron chi connectivity index (χ3n) is 4.37. The Morgan fingerprint density at radius 2 is 2.08 bits per heavy atom. The first kappa shape index (κ1) is 16.8. The van der Waals surface area contributed by atoms with Crippen molar-refractivity contribution in [2.45, 2.75) is 31.9 Å². The van der Waals surface area contributed by atoms with Gasteiger partial charge < -0.3 is 14.6 Å². The van der Waals surface area contributed by atoms with Gasteiger partial charge in [0.2, 0.25) is 11.7 Å². The largest absolute Gasteiger partial charge is 0.438 e. The number of halogens is 3. The summed E-state index contributed by atoms with van der Waals surface area (Å²) in [5, 5.41) is 2.85. The quantitative estimate of drug-likeness (QED) is 0.906. The van der Waals surface area contributed by atoms with Crippen molar-refractivity contribution >= 4 is 11.8 Å². The molecule has 24 heavy (non-hydrogen) atoms. The van der Waals surface area contributed by atoms with Crippen LogP contribution >= 0.6 is 0 Å². The molecule has 1 aliphatic heterocycles. The molecule has 0 bridgehead atoms. The van der Waals surface area contributed by atoms with Crippen LogP contribution < -0.4 is 5.32 Å². The molecule has 1 saturated carbocycles. The van der Waals surface area contributed by atoms with E-state index < -0.39 is 29.5 Å². The number of carbonyl (C=O) groups excluding carboxylic acids is 2. The number of alkyl halides is 3. The number of aromatic nitrogens is 1. The van der Waals surface area contributed by atoms with Crippen LogP contribution in [0.2, 0.25) is 0 Å². The molecule has 9 heteroatoms. The summed E-state index contributed by atoms with van der Waals surface area (Å²) in [6.07, 6.45) is -0.747. The van der Waals surface area contributed by atoms with Crippen molar-refractivity contribution < 1.29 is 27.2 Å². The second-order valence-corrected chi connectivity index (χ2v) is 6.31. The third-order valence-corrected chi connectivity index (χ3v) is 4.37. The Kier molecular flexibility index (Phi) is 4.51. The lowest BCUT2D eigenvalue weighted by molar-refractivity contribution is -0.141. The molecule has 6 nitrogen and oxygen atoms in total. The first-order valence-electron chi connectivity index (χ1n) is 7.94. The van der Waals surface area contributed by atoms with Crippen molar-refractivity contribution in [2.24, 2.45) is 11.8 Å². The van der Waals surface area contributed by atoms with Crippen LogP contribution in [0.25, 0.3) is 0 Å². The van der Waals surface area contributed by atoms with E-state index in [1.54, 1.807) is 0 Å². The van der Waals surface area contributed by atoms with Crippen LogP contribution in [0.4, 0.5) is 13.2 Å². The van der Waals surface area contributed by atoms with Gasteiger partial charge in [-0.05, 0) is 31.6 Å². The molecule has 2 aliphatic rings. The highest BCUT2D eigenvalue weighted by Crippen LogP contribution is 2.32. The van der Waals surface area contributed by atoms with E-state index in [0.717, 1.165) is 12.8 Å². The zero-order chi connectivity index (χ0) is 17.3. The zero-order valence-electron chi connectivity index (χ0n) is 12.9. The molecule has 1 unspecified atom stereocenters. The van der Waals surface area contributed by atoms with E-state index in [1.165, 1.54) is 4.90 Å². The van der Waals surface area contributed by atoms with E-state index in [-0.39, 0.29) is 12.5 Å². The summed E-state index contributed by atoms with van der Waals surface area (Å²) in [6.45, 7) is 1.01. The van der Waals surface area contributed by atoms with Crippen molar-refractivity contribution in [3.8, 4) is 0 Å². The monoisotopic (exact) mass is 345 g/mol. The van der Waals surface area contributed by atoms with Crippen molar-refractivity contribution in [3.63, 3.8) is 0 Å². The topological polar surface area (TPSA) is 75.4 Å². The molecule has 2 fully saturated rings. The Hall–Kier alpha value is -2.06. The second kappa shape index (κ2) is 6.45. The summed E-state index contributed by atoms with van der Waals surface area (Å²) in [6, 6.07) is 0. The maximum atomic E-state index is 12.8. The number of hydrogen-bond donors (Lipinski definition) is 1. The minimum absolute atomic E-state index is 0.0906. The number of likely N-dealkylation sites (tertiary alicyclic amines) is 1. The molecule has 1 atom stereocenters. The average molecular weight is 345 g/mol. The Morgan fingerprint density at radius 3 is 2.75 bits per heavy atom. The molecule has 0 radical (unpaired) electrons. The van der Waals surface area contributed by atoms with Crippen LogP contribution in [0, 0.1) is 11.8 Å². The van der Waals surface area contributed by atoms with Gasteiger partial charge in [-0.25, -0.2) is 4.98 Å². The van der Waals surface area contributed by atoms with Crippen LogP contribution in [0.15, 0.2) is 10.8 Å². The lowest BCUT2D eigenvalue weighted by atomic mass is 9.96. The second-order valence-electron chi connectivity index (χ2n) is 6.31. The van der Waals surface area contributed by atoms with Crippen molar-refractivity contribution in [1.82, 2.24) is 15.2 Å². The smallest absolute Gasteiger partial charge is 0.437 e. The standard InChI is InChI=1S/C15H18F3N3O3/c16-15(17,18)12-11(24-8-20-12)14(23)21-5-1-2-10(7-21)13(22)19-6-9-3-4-9/h8-10H,1-7H2,(H,19,22). The van der Waals surface area contributed by atoms with Gasteiger partial charge in [-0.3, -0.25) is 9.59 Å². The first-order valence-corrected chi connectivity index (χ1v) is 7.94. The number of nitrogens with one attached hydrogen (secondary N) is 1. The number of amides is 2. The number of oxazole rings is 1. The maximum Gasteiger partial charge on any atom is 0.437 e. The van der Waals surface area contributed by atoms with Gasteiger partial charge in [0.1, 0.15) is 0 Å². The average Bonchev–Trinajstić information content (AvgIpc) is 3.24. The highest BCUT2D eigenvalue weighted by Gasteiger charge is 2.41. The molecule has 1 aromatic heterocycles. The zero-order valence-corrected chi connectivity index (χ0v) is 12.9. The van der Waals surface area contributed by atoms with Crippen LogP contribution in [-0.4, -0.2) is 41.3 Å². The molecule has 0 spiro atoms. The molecule has 2 heterocycles. The van der Waals surface area contributed by atoms with E-state index in [9.17, 15) is 22.8 Å².